The first kappa shape index (κ1) is 9.68. The lowest BCUT2D eigenvalue weighted by atomic mass is 10.1. The van der Waals surface area contributed by atoms with Gasteiger partial charge in [0, 0.05) is 44.6 Å². The van der Waals surface area contributed by atoms with Crippen molar-refractivity contribution in [2.24, 2.45) is 0 Å². The van der Waals surface area contributed by atoms with Gasteiger partial charge in [-0.1, -0.05) is 6.92 Å². The predicted molar refractivity (Wildman–Crippen MR) is 56.1 cm³/mol. The minimum atomic E-state index is 0.753. The van der Waals surface area contributed by atoms with E-state index in [1.807, 2.05) is 18.7 Å². The normalized spacial score (nSPS) is 17.3. The second kappa shape index (κ2) is 4.57. The van der Waals surface area contributed by atoms with Crippen LogP contribution in [0.4, 0.5) is 0 Å². The Kier molecular flexibility index (Phi) is 3.16. The number of aromatic nitrogens is 2. The van der Waals surface area contributed by atoms with Gasteiger partial charge in [0.25, 0.3) is 0 Å². The van der Waals surface area contributed by atoms with E-state index in [0.29, 0.717) is 0 Å². The van der Waals surface area contributed by atoms with Gasteiger partial charge in [-0.3, -0.25) is 4.90 Å². The Morgan fingerprint density at radius 3 is 2.93 bits per heavy atom. The average Bonchev–Trinajstić information content (AvgIpc) is 2.61. The summed E-state index contributed by atoms with van der Waals surface area (Å²) in [4.78, 5) is 6.56. The molecule has 0 spiro atoms. The van der Waals surface area contributed by atoms with Crippen LogP contribution in [0, 0.1) is 0 Å². The Hall–Kier alpha value is -0.870. The topological polar surface area (TPSA) is 33.1 Å². The molecule has 1 aliphatic rings. The van der Waals surface area contributed by atoms with Crippen LogP contribution in [0.1, 0.15) is 6.92 Å². The van der Waals surface area contributed by atoms with Crippen LogP contribution in [0.3, 0.4) is 0 Å². The molecule has 4 heteroatoms. The largest absolute Gasteiger partial charge is 0.336 e. The zero-order valence-electron chi connectivity index (χ0n) is 8.69. The van der Waals surface area contributed by atoms with Crippen molar-refractivity contribution in [1.29, 1.82) is 0 Å². The molecule has 0 radical (unpaired) electrons. The smallest absolute Gasteiger partial charge is 0.0946 e. The molecule has 0 aliphatic carbocycles. The fraction of sp³-hybridized carbons (Fsp3) is 0.700. The molecule has 14 heavy (non-hydrogen) atoms. The zero-order valence-corrected chi connectivity index (χ0v) is 8.69. The number of imidazole rings is 1. The summed E-state index contributed by atoms with van der Waals surface area (Å²) in [5.74, 6) is 0. The maximum Gasteiger partial charge on any atom is 0.0946 e. The van der Waals surface area contributed by atoms with Crippen LogP contribution < -0.4 is 5.32 Å². The van der Waals surface area contributed by atoms with E-state index in [1.54, 1.807) is 0 Å². The number of rotatable bonds is 5. The third kappa shape index (κ3) is 2.13. The molecular formula is C10H18N4. The lowest BCUT2D eigenvalue weighted by molar-refractivity contribution is 0.148. The Labute approximate surface area is 84.9 Å². The number of hydrogen-bond acceptors (Lipinski definition) is 3. The Bertz CT molecular complexity index is 253. The summed E-state index contributed by atoms with van der Waals surface area (Å²) >= 11 is 0. The van der Waals surface area contributed by atoms with E-state index in [4.69, 9.17) is 0 Å². The van der Waals surface area contributed by atoms with Crippen molar-refractivity contribution in [2.75, 3.05) is 26.2 Å². The zero-order chi connectivity index (χ0) is 9.80. The van der Waals surface area contributed by atoms with Gasteiger partial charge in [0.15, 0.2) is 0 Å². The third-order valence-corrected chi connectivity index (χ3v) is 2.89. The highest BCUT2D eigenvalue weighted by Crippen LogP contribution is 2.04. The van der Waals surface area contributed by atoms with Gasteiger partial charge in [0.1, 0.15) is 0 Å². The van der Waals surface area contributed by atoms with E-state index in [0.717, 1.165) is 38.8 Å². The van der Waals surface area contributed by atoms with E-state index in [-0.39, 0.29) is 0 Å². The van der Waals surface area contributed by atoms with E-state index >= 15 is 0 Å². The minimum Gasteiger partial charge on any atom is -0.336 e. The van der Waals surface area contributed by atoms with Gasteiger partial charge < -0.3 is 9.88 Å². The molecule has 2 rings (SSSR count). The first-order valence-corrected chi connectivity index (χ1v) is 5.30. The fourth-order valence-corrected chi connectivity index (χ4v) is 1.79. The number of nitrogens with one attached hydrogen (secondary N) is 1. The molecular weight excluding hydrogens is 176 g/mol. The van der Waals surface area contributed by atoms with Gasteiger partial charge in [-0.15, -0.1) is 0 Å². The highest BCUT2D eigenvalue weighted by Gasteiger charge is 2.22. The highest BCUT2D eigenvalue weighted by molar-refractivity contribution is 4.84. The van der Waals surface area contributed by atoms with Crippen LogP contribution in [0.2, 0.25) is 0 Å². The molecule has 4 nitrogen and oxygen atoms in total. The van der Waals surface area contributed by atoms with Gasteiger partial charge in [-0.05, 0) is 6.54 Å². The molecule has 0 aromatic carbocycles. The van der Waals surface area contributed by atoms with Crippen LogP contribution in [-0.4, -0.2) is 46.7 Å². The summed E-state index contributed by atoms with van der Waals surface area (Å²) in [7, 11) is 0. The molecule has 1 N–H and O–H groups in total. The Balaban J connectivity index is 1.77. The summed E-state index contributed by atoms with van der Waals surface area (Å²) in [5.41, 5.74) is 0. The van der Waals surface area contributed by atoms with E-state index in [9.17, 15) is 0 Å². The van der Waals surface area contributed by atoms with E-state index in [2.05, 4.69) is 26.7 Å². The molecule has 1 fully saturated rings. The summed E-state index contributed by atoms with van der Waals surface area (Å²) < 4.78 is 2.13. The van der Waals surface area contributed by atoms with Gasteiger partial charge in [0.05, 0.1) is 6.33 Å². The fourth-order valence-electron chi connectivity index (χ4n) is 1.79. The van der Waals surface area contributed by atoms with Crippen LogP contribution in [-0.2, 0) is 6.54 Å². The second-order valence-electron chi connectivity index (χ2n) is 3.74. The molecule has 0 atom stereocenters. The van der Waals surface area contributed by atoms with Crippen LogP contribution in [0.25, 0.3) is 0 Å². The maximum absolute atomic E-state index is 4.04. The molecule has 1 aromatic heterocycles. The lowest BCUT2D eigenvalue weighted by Gasteiger charge is -2.37. The molecule has 1 aromatic rings. The summed E-state index contributed by atoms with van der Waals surface area (Å²) in [6, 6.07) is 0.753. The molecule has 1 saturated heterocycles. The number of likely N-dealkylation sites (N-methyl/N-ethyl adjacent to an activating group) is 1. The molecule has 0 amide bonds. The minimum absolute atomic E-state index is 0.753. The predicted octanol–water partition coefficient (Wildman–Crippen LogP) is 0.177. The van der Waals surface area contributed by atoms with Crippen LogP contribution in [0.15, 0.2) is 18.7 Å². The molecule has 0 bridgehead atoms. The van der Waals surface area contributed by atoms with Crippen LogP contribution >= 0.6 is 0 Å². The van der Waals surface area contributed by atoms with Crippen molar-refractivity contribution in [3.05, 3.63) is 18.7 Å². The summed E-state index contributed by atoms with van der Waals surface area (Å²) in [6.45, 7) is 7.84. The molecule has 2 heterocycles. The summed E-state index contributed by atoms with van der Waals surface area (Å²) in [5, 5.41) is 3.31. The van der Waals surface area contributed by atoms with Crippen molar-refractivity contribution < 1.29 is 0 Å². The van der Waals surface area contributed by atoms with Crippen molar-refractivity contribution in [3.63, 3.8) is 0 Å². The maximum atomic E-state index is 4.04. The first-order valence-electron chi connectivity index (χ1n) is 5.30. The number of nitrogens with zero attached hydrogens (tertiary/aromatic N) is 3. The standard InChI is InChI=1S/C10H18N4/c1-2-14(10-7-12-8-10)6-5-13-4-3-11-9-13/h3-4,9-10,12H,2,5-8H2,1H3. The SMILES string of the molecule is CCN(CCn1ccnc1)C1CNC1. The third-order valence-electron chi connectivity index (χ3n) is 2.89. The number of hydrogen-bond donors (Lipinski definition) is 1. The van der Waals surface area contributed by atoms with Crippen molar-refractivity contribution in [1.82, 2.24) is 19.8 Å². The molecule has 0 saturated carbocycles. The summed E-state index contributed by atoms with van der Waals surface area (Å²) in [6.07, 6.45) is 5.74. The van der Waals surface area contributed by atoms with Crippen LogP contribution in [0.5, 0.6) is 0 Å². The average molecular weight is 194 g/mol. The quantitative estimate of drug-likeness (QED) is 0.725. The van der Waals surface area contributed by atoms with Gasteiger partial charge in [0.2, 0.25) is 0 Å². The molecule has 0 unspecified atom stereocenters. The second-order valence-corrected chi connectivity index (χ2v) is 3.74. The Morgan fingerprint density at radius 2 is 2.43 bits per heavy atom. The van der Waals surface area contributed by atoms with Crippen molar-refractivity contribution in [3.8, 4) is 0 Å². The Morgan fingerprint density at radius 1 is 1.57 bits per heavy atom. The van der Waals surface area contributed by atoms with Gasteiger partial charge >= 0.3 is 0 Å². The van der Waals surface area contributed by atoms with Crippen molar-refractivity contribution >= 4 is 0 Å². The monoisotopic (exact) mass is 194 g/mol. The van der Waals surface area contributed by atoms with E-state index in [1.165, 1.54) is 0 Å². The van der Waals surface area contributed by atoms with E-state index < -0.39 is 0 Å². The van der Waals surface area contributed by atoms with Gasteiger partial charge in [-0.25, -0.2) is 4.98 Å². The molecule has 1 aliphatic heterocycles. The lowest BCUT2D eigenvalue weighted by Crippen LogP contribution is -2.57. The highest BCUT2D eigenvalue weighted by atomic mass is 15.2. The molecule has 78 valence electrons. The van der Waals surface area contributed by atoms with Crippen molar-refractivity contribution in [2.45, 2.75) is 19.5 Å². The van der Waals surface area contributed by atoms with Gasteiger partial charge in [-0.2, -0.15) is 0 Å². The first-order chi connectivity index (χ1) is 6.90.